The monoisotopic (exact) mass is 279 g/mol. The predicted molar refractivity (Wildman–Crippen MR) is 78.6 cm³/mol. The first-order valence-electron chi connectivity index (χ1n) is 7.41. The molecule has 0 aromatic carbocycles. The standard InChI is InChI=1S/C15H25N3O2/c1-17(2)15(19)16-12-13(14-8-7-11-20-14)18-9-5-3-4-6-10-18/h7-8,11,13H,3-6,9-10,12H2,1-2H3,(H,16,19). The highest BCUT2D eigenvalue weighted by molar-refractivity contribution is 5.73. The lowest BCUT2D eigenvalue weighted by atomic mass is 10.1. The fourth-order valence-corrected chi connectivity index (χ4v) is 2.64. The first kappa shape index (κ1) is 14.9. The molecule has 1 aliphatic rings. The van der Waals surface area contributed by atoms with Crippen molar-refractivity contribution in [1.29, 1.82) is 0 Å². The number of nitrogens with zero attached hydrogens (tertiary/aromatic N) is 2. The minimum Gasteiger partial charge on any atom is -0.468 e. The van der Waals surface area contributed by atoms with Gasteiger partial charge in [-0.1, -0.05) is 12.8 Å². The van der Waals surface area contributed by atoms with Crippen LogP contribution < -0.4 is 5.32 Å². The maximum absolute atomic E-state index is 11.7. The highest BCUT2D eigenvalue weighted by Gasteiger charge is 2.24. The van der Waals surface area contributed by atoms with Gasteiger partial charge in [-0.3, -0.25) is 4.90 Å². The number of hydrogen-bond donors (Lipinski definition) is 1. The maximum Gasteiger partial charge on any atom is 0.316 e. The van der Waals surface area contributed by atoms with Gasteiger partial charge in [-0.25, -0.2) is 4.79 Å². The molecule has 0 aliphatic carbocycles. The van der Waals surface area contributed by atoms with Gasteiger partial charge in [0.15, 0.2) is 0 Å². The lowest BCUT2D eigenvalue weighted by molar-refractivity contribution is 0.171. The molecular formula is C15H25N3O2. The molecule has 1 N–H and O–H groups in total. The van der Waals surface area contributed by atoms with Gasteiger partial charge in [-0.05, 0) is 38.1 Å². The van der Waals surface area contributed by atoms with Crippen molar-refractivity contribution < 1.29 is 9.21 Å². The number of likely N-dealkylation sites (tertiary alicyclic amines) is 1. The Morgan fingerprint density at radius 3 is 2.60 bits per heavy atom. The largest absolute Gasteiger partial charge is 0.468 e. The van der Waals surface area contributed by atoms with Crippen molar-refractivity contribution in [2.45, 2.75) is 31.7 Å². The van der Waals surface area contributed by atoms with E-state index in [0.717, 1.165) is 18.8 Å². The van der Waals surface area contributed by atoms with Crippen molar-refractivity contribution in [2.75, 3.05) is 33.7 Å². The van der Waals surface area contributed by atoms with Gasteiger partial charge >= 0.3 is 6.03 Å². The fourth-order valence-electron chi connectivity index (χ4n) is 2.64. The van der Waals surface area contributed by atoms with Crippen LogP contribution >= 0.6 is 0 Å². The summed E-state index contributed by atoms with van der Waals surface area (Å²) >= 11 is 0. The van der Waals surface area contributed by atoms with E-state index in [0.29, 0.717) is 6.54 Å². The van der Waals surface area contributed by atoms with Crippen molar-refractivity contribution in [3.63, 3.8) is 0 Å². The van der Waals surface area contributed by atoms with Gasteiger partial charge in [-0.15, -0.1) is 0 Å². The topological polar surface area (TPSA) is 48.7 Å². The highest BCUT2D eigenvalue weighted by Crippen LogP contribution is 2.24. The van der Waals surface area contributed by atoms with Gasteiger partial charge in [0.05, 0.1) is 12.3 Å². The van der Waals surface area contributed by atoms with E-state index in [9.17, 15) is 4.79 Å². The van der Waals surface area contributed by atoms with Crippen LogP contribution in [0.3, 0.4) is 0 Å². The second-order valence-corrected chi connectivity index (χ2v) is 5.56. The van der Waals surface area contributed by atoms with Crippen LogP contribution in [0.15, 0.2) is 22.8 Å². The van der Waals surface area contributed by atoms with Gasteiger partial charge in [0.1, 0.15) is 5.76 Å². The number of urea groups is 1. The molecule has 1 fully saturated rings. The smallest absolute Gasteiger partial charge is 0.316 e. The number of hydrogen-bond acceptors (Lipinski definition) is 3. The molecule has 20 heavy (non-hydrogen) atoms. The zero-order valence-electron chi connectivity index (χ0n) is 12.5. The summed E-state index contributed by atoms with van der Waals surface area (Å²) in [6, 6.07) is 3.98. The van der Waals surface area contributed by atoms with E-state index in [1.165, 1.54) is 25.7 Å². The Morgan fingerprint density at radius 1 is 1.35 bits per heavy atom. The molecule has 0 spiro atoms. The van der Waals surface area contributed by atoms with E-state index >= 15 is 0 Å². The summed E-state index contributed by atoms with van der Waals surface area (Å²) in [5, 5.41) is 2.97. The van der Waals surface area contributed by atoms with Gasteiger partial charge < -0.3 is 14.6 Å². The van der Waals surface area contributed by atoms with Crippen molar-refractivity contribution in [3.8, 4) is 0 Å². The van der Waals surface area contributed by atoms with E-state index in [1.54, 1.807) is 25.3 Å². The molecule has 1 aliphatic heterocycles. The lowest BCUT2D eigenvalue weighted by Gasteiger charge is -2.29. The quantitative estimate of drug-likeness (QED) is 0.921. The summed E-state index contributed by atoms with van der Waals surface area (Å²) < 4.78 is 5.58. The fraction of sp³-hybridized carbons (Fsp3) is 0.667. The van der Waals surface area contributed by atoms with Gasteiger partial charge in [0, 0.05) is 20.6 Å². The number of furan rings is 1. The summed E-state index contributed by atoms with van der Waals surface area (Å²) in [5.74, 6) is 0.936. The number of rotatable bonds is 4. The third-order valence-corrected chi connectivity index (χ3v) is 3.81. The summed E-state index contributed by atoms with van der Waals surface area (Å²) in [6.07, 6.45) is 6.74. The molecule has 1 saturated heterocycles. The average Bonchev–Trinajstić information content (AvgIpc) is 2.82. The molecule has 0 saturated carbocycles. The minimum atomic E-state index is -0.0589. The molecule has 1 unspecified atom stereocenters. The van der Waals surface area contributed by atoms with Crippen LogP contribution in [0.1, 0.15) is 37.5 Å². The SMILES string of the molecule is CN(C)C(=O)NCC(c1ccco1)N1CCCCCC1. The van der Waals surface area contributed by atoms with Crippen LogP contribution in [0.25, 0.3) is 0 Å². The third kappa shape index (κ3) is 4.00. The first-order valence-corrected chi connectivity index (χ1v) is 7.41. The lowest BCUT2D eigenvalue weighted by Crippen LogP contribution is -2.42. The van der Waals surface area contributed by atoms with Crippen LogP contribution in [0.5, 0.6) is 0 Å². The molecule has 1 aromatic heterocycles. The van der Waals surface area contributed by atoms with Crippen LogP contribution in [0.4, 0.5) is 4.79 Å². The molecule has 5 nitrogen and oxygen atoms in total. The molecule has 2 rings (SSSR count). The number of amides is 2. The number of nitrogens with one attached hydrogen (secondary N) is 1. The molecule has 2 heterocycles. The van der Waals surface area contributed by atoms with Crippen molar-refractivity contribution in [1.82, 2.24) is 15.1 Å². The summed E-state index contributed by atoms with van der Waals surface area (Å²) in [7, 11) is 3.51. The highest BCUT2D eigenvalue weighted by atomic mass is 16.3. The van der Waals surface area contributed by atoms with Crippen LogP contribution in [0, 0.1) is 0 Å². The second kappa shape index (κ2) is 7.33. The van der Waals surface area contributed by atoms with Crippen LogP contribution in [-0.4, -0.2) is 49.6 Å². The minimum absolute atomic E-state index is 0.0589. The number of carbonyl (C=O) groups is 1. The van der Waals surface area contributed by atoms with Crippen LogP contribution in [0.2, 0.25) is 0 Å². The molecular weight excluding hydrogens is 254 g/mol. The number of carbonyl (C=O) groups excluding carboxylic acids is 1. The van der Waals surface area contributed by atoms with E-state index in [2.05, 4.69) is 10.2 Å². The van der Waals surface area contributed by atoms with Gasteiger partial charge in [0.25, 0.3) is 0 Å². The van der Waals surface area contributed by atoms with Gasteiger partial charge in [0.2, 0.25) is 0 Å². The first-order chi connectivity index (χ1) is 9.68. The van der Waals surface area contributed by atoms with E-state index in [1.807, 2.05) is 12.1 Å². The Hall–Kier alpha value is -1.49. The van der Waals surface area contributed by atoms with Crippen LogP contribution in [-0.2, 0) is 0 Å². The van der Waals surface area contributed by atoms with E-state index < -0.39 is 0 Å². The molecule has 0 radical (unpaired) electrons. The zero-order chi connectivity index (χ0) is 14.4. The molecule has 0 bridgehead atoms. The second-order valence-electron chi connectivity index (χ2n) is 5.56. The molecule has 1 aromatic rings. The third-order valence-electron chi connectivity index (χ3n) is 3.81. The predicted octanol–water partition coefficient (Wildman–Crippen LogP) is 2.47. The molecule has 1 atom stereocenters. The average molecular weight is 279 g/mol. The molecule has 5 heteroatoms. The Balaban J connectivity index is 2.02. The zero-order valence-corrected chi connectivity index (χ0v) is 12.5. The van der Waals surface area contributed by atoms with Crippen molar-refractivity contribution >= 4 is 6.03 Å². The summed E-state index contributed by atoms with van der Waals surface area (Å²) in [5.41, 5.74) is 0. The van der Waals surface area contributed by atoms with Crippen molar-refractivity contribution in [2.24, 2.45) is 0 Å². The molecule has 2 amide bonds. The normalized spacial score (nSPS) is 18.3. The Kier molecular flexibility index (Phi) is 5.47. The van der Waals surface area contributed by atoms with Gasteiger partial charge in [-0.2, -0.15) is 0 Å². The maximum atomic E-state index is 11.7. The molecule has 112 valence electrons. The summed E-state index contributed by atoms with van der Waals surface area (Å²) in [4.78, 5) is 15.7. The van der Waals surface area contributed by atoms with E-state index in [4.69, 9.17) is 4.42 Å². The van der Waals surface area contributed by atoms with E-state index in [-0.39, 0.29) is 12.1 Å². The summed E-state index contributed by atoms with van der Waals surface area (Å²) in [6.45, 7) is 2.73. The Bertz CT molecular complexity index is 395. The Morgan fingerprint density at radius 2 is 2.05 bits per heavy atom. The Labute approximate surface area is 120 Å². The van der Waals surface area contributed by atoms with Crippen molar-refractivity contribution in [3.05, 3.63) is 24.2 Å².